The van der Waals surface area contributed by atoms with Crippen molar-refractivity contribution >= 4 is 36.6 Å². The zero-order valence-corrected chi connectivity index (χ0v) is 18.3. The van der Waals surface area contributed by atoms with Gasteiger partial charge in [-0.2, -0.15) is 0 Å². The largest absolute Gasteiger partial charge is 0.384 e. The summed E-state index contributed by atoms with van der Waals surface area (Å²) in [5, 5.41) is 9.18. The van der Waals surface area contributed by atoms with E-state index in [-0.39, 0.29) is 48.0 Å². The molecule has 2 rings (SSSR count). The van der Waals surface area contributed by atoms with E-state index >= 15 is 0 Å². The Hall–Kier alpha value is -1.41. The number of carbonyl (C=O) groups excluding carboxylic acids is 2. The van der Waals surface area contributed by atoms with Crippen molar-refractivity contribution in [3.8, 4) is 0 Å². The standard InChI is InChI=1S/C19H30N4O3.2ClH/c1-14(2)16(23-17(24)15-6-4-5-9-21-15)18(25)22-12-19(13-26-3)7-10-20-11-8-19;;/h4-6,9,14,16,20H,7-8,10-13H2,1-3H3,(H,22,25)(H,23,24);2*1H. The number of rotatable bonds is 8. The molecule has 1 aromatic heterocycles. The molecule has 1 saturated heterocycles. The Bertz CT molecular complexity index is 591. The summed E-state index contributed by atoms with van der Waals surface area (Å²) in [5.74, 6) is -0.541. The van der Waals surface area contributed by atoms with Gasteiger partial charge in [0.1, 0.15) is 11.7 Å². The Kier molecular flexibility index (Phi) is 12.3. The maximum Gasteiger partial charge on any atom is 0.270 e. The number of aromatic nitrogens is 1. The first-order valence-corrected chi connectivity index (χ1v) is 9.17. The second-order valence-electron chi connectivity index (χ2n) is 7.31. The number of ether oxygens (including phenoxy) is 1. The molecule has 1 atom stereocenters. The SMILES string of the molecule is COCC1(CNC(=O)C(NC(=O)c2ccccn2)C(C)C)CCNCC1.Cl.Cl. The number of piperidine rings is 1. The van der Waals surface area contributed by atoms with Crippen LogP contribution in [0.3, 0.4) is 0 Å². The van der Waals surface area contributed by atoms with Crippen LogP contribution in [0, 0.1) is 11.3 Å². The summed E-state index contributed by atoms with van der Waals surface area (Å²) in [6.07, 6.45) is 3.46. The van der Waals surface area contributed by atoms with Gasteiger partial charge in [0.05, 0.1) is 6.61 Å². The van der Waals surface area contributed by atoms with E-state index in [2.05, 4.69) is 20.9 Å². The van der Waals surface area contributed by atoms with Crippen LogP contribution in [0.2, 0.25) is 0 Å². The van der Waals surface area contributed by atoms with Crippen molar-refractivity contribution in [1.29, 1.82) is 0 Å². The molecule has 0 saturated carbocycles. The van der Waals surface area contributed by atoms with E-state index in [0.29, 0.717) is 18.8 Å². The summed E-state index contributed by atoms with van der Waals surface area (Å²) in [6, 6.07) is 4.52. The van der Waals surface area contributed by atoms with Gasteiger partial charge in [0.15, 0.2) is 0 Å². The number of carbonyl (C=O) groups is 2. The minimum Gasteiger partial charge on any atom is -0.384 e. The summed E-state index contributed by atoms with van der Waals surface area (Å²) in [6.45, 7) is 6.83. The molecule has 0 bridgehead atoms. The van der Waals surface area contributed by atoms with Crippen molar-refractivity contribution in [3.05, 3.63) is 30.1 Å². The molecule has 2 heterocycles. The maximum absolute atomic E-state index is 12.7. The van der Waals surface area contributed by atoms with Gasteiger partial charge >= 0.3 is 0 Å². The topological polar surface area (TPSA) is 92.4 Å². The van der Waals surface area contributed by atoms with Gasteiger partial charge in [0.25, 0.3) is 5.91 Å². The number of amides is 2. The number of nitrogens with one attached hydrogen (secondary N) is 3. The molecule has 1 unspecified atom stereocenters. The zero-order chi connectivity index (χ0) is 19.0. The van der Waals surface area contributed by atoms with E-state index in [1.165, 1.54) is 0 Å². The van der Waals surface area contributed by atoms with Gasteiger partial charge < -0.3 is 20.7 Å². The summed E-state index contributed by atoms with van der Waals surface area (Å²) in [5.41, 5.74) is 0.252. The van der Waals surface area contributed by atoms with Gasteiger partial charge in [0.2, 0.25) is 5.91 Å². The second-order valence-corrected chi connectivity index (χ2v) is 7.31. The minimum absolute atomic E-state index is 0. The van der Waals surface area contributed by atoms with Crippen molar-refractivity contribution in [2.24, 2.45) is 11.3 Å². The average molecular weight is 435 g/mol. The van der Waals surface area contributed by atoms with E-state index < -0.39 is 6.04 Å². The number of pyridine rings is 1. The van der Waals surface area contributed by atoms with Crippen molar-refractivity contribution in [3.63, 3.8) is 0 Å². The highest BCUT2D eigenvalue weighted by molar-refractivity contribution is 5.96. The van der Waals surface area contributed by atoms with Crippen molar-refractivity contribution in [2.75, 3.05) is 33.4 Å². The lowest BCUT2D eigenvalue weighted by Crippen LogP contribution is -2.53. The van der Waals surface area contributed by atoms with Crippen LogP contribution in [-0.2, 0) is 9.53 Å². The van der Waals surface area contributed by atoms with Gasteiger partial charge in [-0.25, -0.2) is 0 Å². The Morgan fingerprint density at radius 1 is 1.25 bits per heavy atom. The number of hydrogen-bond donors (Lipinski definition) is 3. The van der Waals surface area contributed by atoms with Gasteiger partial charge in [-0.3, -0.25) is 14.6 Å². The quantitative estimate of drug-likeness (QED) is 0.579. The lowest BCUT2D eigenvalue weighted by Gasteiger charge is -2.37. The van der Waals surface area contributed by atoms with E-state index in [9.17, 15) is 9.59 Å². The summed E-state index contributed by atoms with van der Waals surface area (Å²) in [4.78, 5) is 29.1. The predicted octanol–water partition coefficient (Wildman–Crippen LogP) is 1.81. The van der Waals surface area contributed by atoms with Gasteiger partial charge in [-0.15, -0.1) is 24.8 Å². The van der Waals surface area contributed by atoms with Crippen molar-refractivity contribution in [1.82, 2.24) is 20.9 Å². The molecular weight excluding hydrogens is 403 g/mol. The number of hydrogen-bond acceptors (Lipinski definition) is 5. The van der Waals surface area contributed by atoms with E-state index in [1.807, 2.05) is 13.8 Å². The fraction of sp³-hybridized carbons (Fsp3) is 0.632. The highest BCUT2D eigenvalue weighted by Crippen LogP contribution is 2.28. The summed E-state index contributed by atoms with van der Waals surface area (Å²) < 4.78 is 5.39. The van der Waals surface area contributed by atoms with Crippen molar-refractivity contribution in [2.45, 2.75) is 32.7 Å². The van der Waals surface area contributed by atoms with Gasteiger partial charge in [-0.1, -0.05) is 19.9 Å². The predicted molar refractivity (Wildman–Crippen MR) is 114 cm³/mol. The van der Waals surface area contributed by atoms with E-state index in [4.69, 9.17) is 4.74 Å². The monoisotopic (exact) mass is 434 g/mol. The Morgan fingerprint density at radius 2 is 1.93 bits per heavy atom. The summed E-state index contributed by atoms with van der Waals surface area (Å²) >= 11 is 0. The molecule has 0 radical (unpaired) electrons. The van der Waals surface area contributed by atoms with Crippen LogP contribution < -0.4 is 16.0 Å². The molecule has 1 aromatic rings. The second kappa shape index (κ2) is 12.9. The Labute approximate surface area is 179 Å². The van der Waals surface area contributed by atoms with Crippen LogP contribution in [0.1, 0.15) is 37.2 Å². The molecule has 2 amide bonds. The molecule has 7 nitrogen and oxygen atoms in total. The van der Waals surface area contributed by atoms with Crippen molar-refractivity contribution < 1.29 is 14.3 Å². The highest BCUT2D eigenvalue weighted by atomic mass is 35.5. The molecule has 160 valence electrons. The van der Waals surface area contributed by atoms with Gasteiger partial charge in [-0.05, 0) is 44.0 Å². The fourth-order valence-electron chi connectivity index (χ4n) is 3.27. The van der Waals surface area contributed by atoms with Crippen LogP contribution in [0.5, 0.6) is 0 Å². The number of methoxy groups -OCH3 is 1. The third-order valence-electron chi connectivity index (χ3n) is 4.89. The summed E-state index contributed by atoms with van der Waals surface area (Å²) in [7, 11) is 1.69. The lowest BCUT2D eigenvalue weighted by molar-refractivity contribution is -0.124. The van der Waals surface area contributed by atoms with Crippen LogP contribution in [0.15, 0.2) is 24.4 Å². The third-order valence-corrected chi connectivity index (χ3v) is 4.89. The highest BCUT2D eigenvalue weighted by Gasteiger charge is 2.34. The van der Waals surface area contributed by atoms with Crippen LogP contribution in [0.4, 0.5) is 0 Å². The van der Waals surface area contributed by atoms with Crippen LogP contribution in [-0.4, -0.2) is 56.2 Å². The smallest absolute Gasteiger partial charge is 0.270 e. The molecule has 0 aliphatic carbocycles. The van der Waals surface area contributed by atoms with Gasteiger partial charge in [0, 0.05) is 25.3 Å². The molecule has 1 fully saturated rings. The fourth-order valence-corrected chi connectivity index (χ4v) is 3.27. The third kappa shape index (κ3) is 7.54. The Balaban J connectivity index is 0.00000364. The Morgan fingerprint density at radius 3 is 2.46 bits per heavy atom. The molecule has 0 spiro atoms. The average Bonchev–Trinajstić information content (AvgIpc) is 2.65. The molecule has 28 heavy (non-hydrogen) atoms. The lowest BCUT2D eigenvalue weighted by atomic mass is 9.79. The molecule has 0 aromatic carbocycles. The van der Waals surface area contributed by atoms with Crippen LogP contribution >= 0.6 is 24.8 Å². The van der Waals surface area contributed by atoms with Crippen LogP contribution in [0.25, 0.3) is 0 Å². The molecule has 1 aliphatic heterocycles. The maximum atomic E-state index is 12.7. The number of nitrogens with zero attached hydrogens (tertiary/aromatic N) is 1. The number of halogens is 2. The molecule has 3 N–H and O–H groups in total. The molecular formula is C19H32Cl2N4O3. The molecule has 1 aliphatic rings. The molecule has 9 heteroatoms. The first-order chi connectivity index (χ1) is 12.5. The van der Waals surface area contributed by atoms with E-state index in [0.717, 1.165) is 25.9 Å². The van der Waals surface area contributed by atoms with E-state index in [1.54, 1.807) is 31.5 Å². The first-order valence-electron chi connectivity index (χ1n) is 9.17. The normalized spacial score (nSPS) is 16.3. The first kappa shape index (κ1) is 26.6. The zero-order valence-electron chi connectivity index (χ0n) is 16.7. The minimum atomic E-state index is -0.606.